The molecule has 1 amide bonds. The SMILES string of the molecule is Cc1ccc(-c2ccc3c(N)c(C(=O)Nc4sc5c(c4C#N)CCc4ccccc4-5)sc3n2)cc1. The number of nitrogen functional groups attached to an aromatic ring is 1. The number of rotatable bonds is 3. The van der Waals surface area contributed by atoms with Crippen molar-refractivity contribution in [3.8, 4) is 27.8 Å². The standard InChI is InChI=1S/C28H20N4OS2/c1-15-6-8-17(9-7-15)22-13-12-20-23(30)25(35-27(20)31-22)26(33)32-28-21(14-29)19-11-10-16-4-2-3-5-18(16)24(19)34-28/h2-9,12-13H,10-11,30H2,1H3,(H,32,33). The van der Waals surface area contributed by atoms with Crippen LogP contribution >= 0.6 is 22.7 Å². The van der Waals surface area contributed by atoms with Crippen molar-refractivity contribution >= 4 is 49.5 Å². The molecular formula is C28H20N4OS2. The first kappa shape index (κ1) is 21.5. The number of carbonyl (C=O) groups excluding carboxylic acids is 1. The van der Waals surface area contributed by atoms with Crippen LogP contribution in [0.25, 0.3) is 31.9 Å². The molecule has 2 aromatic carbocycles. The summed E-state index contributed by atoms with van der Waals surface area (Å²) in [7, 11) is 0. The number of hydrogen-bond donors (Lipinski definition) is 2. The number of thiophene rings is 2. The highest BCUT2D eigenvalue weighted by Crippen LogP contribution is 2.45. The third-order valence-electron chi connectivity index (χ3n) is 6.40. The van der Waals surface area contributed by atoms with Crippen LogP contribution in [0.4, 0.5) is 10.7 Å². The zero-order chi connectivity index (χ0) is 24.1. The van der Waals surface area contributed by atoms with Gasteiger partial charge >= 0.3 is 0 Å². The second-order valence-corrected chi connectivity index (χ2v) is 10.6. The highest BCUT2D eigenvalue weighted by Gasteiger charge is 2.26. The van der Waals surface area contributed by atoms with Crippen molar-refractivity contribution in [2.45, 2.75) is 19.8 Å². The quantitative estimate of drug-likeness (QED) is 0.289. The molecule has 0 saturated carbocycles. The highest BCUT2D eigenvalue weighted by atomic mass is 32.1. The summed E-state index contributed by atoms with van der Waals surface area (Å²) < 4.78 is 0. The van der Waals surface area contributed by atoms with Gasteiger partial charge in [-0.3, -0.25) is 4.79 Å². The molecule has 0 aliphatic heterocycles. The van der Waals surface area contributed by atoms with Crippen LogP contribution in [-0.2, 0) is 12.8 Å². The number of nitriles is 1. The average Bonchev–Trinajstić information content (AvgIpc) is 3.41. The number of pyridine rings is 1. The van der Waals surface area contributed by atoms with Crippen molar-refractivity contribution in [3.05, 3.63) is 87.8 Å². The van der Waals surface area contributed by atoms with Gasteiger partial charge in [0.15, 0.2) is 0 Å². The van der Waals surface area contributed by atoms with Gasteiger partial charge in [0, 0.05) is 15.8 Å². The zero-order valence-electron chi connectivity index (χ0n) is 18.9. The van der Waals surface area contributed by atoms with E-state index in [0.29, 0.717) is 26.0 Å². The van der Waals surface area contributed by atoms with E-state index in [1.54, 1.807) is 0 Å². The number of hydrogen-bond acceptors (Lipinski definition) is 6. The fourth-order valence-electron chi connectivity index (χ4n) is 4.56. The Kier molecular flexibility index (Phi) is 5.14. The van der Waals surface area contributed by atoms with Crippen molar-refractivity contribution in [2.75, 3.05) is 11.1 Å². The van der Waals surface area contributed by atoms with E-state index in [2.05, 4.69) is 35.7 Å². The van der Waals surface area contributed by atoms with Crippen molar-refractivity contribution < 1.29 is 4.79 Å². The monoisotopic (exact) mass is 492 g/mol. The number of nitrogens with one attached hydrogen (secondary N) is 1. The first-order valence-electron chi connectivity index (χ1n) is 11.2. The van der Waals surface area contributed by atoms with Gasteiger partial charge in [-0.05, 0) is 48.6 Å². The molecule has 5 aromatic rings. The van der Waals surface area contributed by atoms with Crippen LogP contribution in [-0.4, -0.2) is 10.9 Å². The van der Waals surface area contributed by atoms with Gasteiger partial charge in [-0.15, -0.1) is 22.7 Å². The van der Waals surface area contributed by atoms with Crippen LogP contribution < -0.4 is 11.1 Å². The molecule has 3 aromatic heterocycles. The molecule has 0 bridgehead atoms. The summed E-state index contributed by atoms with van der Waals surface area (Å²) in [5.74, 6) is -0.314. The summed E-state index contributed by atoms with van der Waals surface area (Å²) in [5.41, 5.74) is 13.8. The summed E-state index contributed by atoms with van der Waals surface area (Å²) >= 11 is 2.73. The third-order valence-corrected chi connectivity index (χ3v) is 8.69. The topological polar surface area (TPSA) is 91.8 Å². The van der Waals surface area contributed by atoms with Crippen LogP contribution in [0.15, 0.2) is 60.7 Å². The third kappa shape index (κ3) is 3.59. The molecule has 0 fully saturated rings. The molecule has 0 radical (unpaired) electrons. The predicted octanol–water partition coefficient (Wildman–Crippen LogP) is 6.81. The number of benzene rings is 2. The summed E-state index contributed by atoms with van der Waals surface area (Å²) in [5, 5.41) is 14.2. The molecule has 0 unspecified atom stereocenters. The van der Waals surface area contributed by atoms with Crippen LogP contribution in [0.3, 0.4) is 0 Å². The van der Waals surface area contributed by atoms with Gasteiger partial charge in [0.25, 0.3) is 5.91 Å². The van der Waals surface area contributed by atoms with E-state index >= 15 is 0 Å². The number of aromatic nitrogens is 1. The van der Waals surface area contributed by atoms with E-state index in [9.17, 15) is 10.1 Å². The molecule has 5 nitrogen and oxygen atoms in total. The second kappa shape index (κ2) is 8.35. The van der Waals surface area contributed by atoms with E-state index < -0.39 is 0 Å². The Morgan fingerprint density at radius 3 is 2.66 bits per heavy atom. The Hall–Kier alpha value is -3.99. The van der Waals surface area contributed by atoms with Gasteiger partial charge in [-0.2, -0.15) is 5.26 Å². The van der Waals surface area contributed by atoms with Crippen LogP contribution in [0.2, 0.25) is 0 Å². The molecule has 6 rings (SSSR count). The summed E-state index contributed by atoms with van der Waals surface area (Å²) in [6, 6.07) is 22.6. The Morgan fingerprint density at radius 1 is 1.06 bits per heavy atom. The second-order valence-electron chi connectivity index (χ2n) is 8.60. The van der Waals surface area contributed by atoms with Crippen molar-refractivity contribution in [2.24, 2.45) is 0 Å². The minimum atomic E-state index is -0.314. The molecular weight excluding hydrogens is 472 g/mol. The van der Waals surface area contributed by atoms with E-state index in [1.807, 2.05) is 43.3 Å². The van der Waals surface area contributed by atoms with Crippen molar-refractivity contribution in [1.82, 2.24) is 4.98 Å². The van der Waals surface area contributed by atoms with Crippen LogP contribution in [0, 0.1) is 18.3 Å². The number of carbonyl (C=O) groups is 1. The van der Waals surface area contributed by atoms with Gasteiger partial charge in [-0.1, -0.05) is 54.1 Å². The molecule has 3 N–H and O–H groups in total. The Bertz CT molecular complexity index is 1670. The van der Waals surface area contributed by atoms with Crippen molar-refractivity contribution in [1.29, 1.82) is 5.26 Å². The largest absolute Gasteiger partial charge is 0.397 e. The molecule has 7 heteroatoms. The normalized spacial score (nSPS) is 12.1. The van der Waals surface area contributed by atoms with Gasteiger partial charge < -0.3 is 11.1 Å². The number of nitrogens with zero attached hydrogens (tertiary/aromatic N) is 2. The number of fused-ring (bicyclic) bond motifs is 4. The van der Waals surface area contributed by atoms with Gasteiger partial charge in [0.2, 0.25) is 0 Å². The number of nitrogens with two attached hydrogens (primary N) is 1. The first-order chi connectivity index (χ1) is 17.0. The zero-order valence-corrected chi connectivity index (χ0v) is 20.5. The maximum atomic E-state index is 13.3. The van der Waals surface area contributed by atoms with Crippen LogP contribution in [0.5, 0.6) is 0 Å². The minimum absolute atomic E-state index is 0.314. The minimum Gasteiger partial charge on any atom is -0.397 e. The molecule has 0 atom stereocenters. The average molecular weight is 493 g/mol. The fraction of sp³-hybridized carbons (Fsp3) is 0.107. The first-order valence-corrected chi connectivity index (χ1v) is 12.9. The van der Waals surface area contributed by atoms with E-state index in [0.717, 1.165) is 45.5 Å². The molecule has 1 aliphatic carbocycles. The summed E-state index contributed by atoms with van der Waals surface area (Å²) in [6.45, 7) is 2.05. The fourth-order valence-corrected chi connectivity index (χ4v) is 6.80. The molecule has 170 valence electrons. The maximum Gasteiger partial charge on any atom is 0.268 e. The van der Waals surface area contributed by atoms with Crippen LogP contribution in [0.1, 0.15) is 31.9 Å². The lowest BCUT2D eigenvalue weighted by molar-refractivity contribution is 0.103. The van der Waals surface area contributed by atoms with E-state index in [-0.39, 0.29) is 5.91 Å². The van der Waals surface area contributed by atoms with Crippen molar-refractivity contribution in [3.63, 3.8) is 0 Å². The lowest BCUT2D eigenvalue weighted by Gasteiger charge is -2.15. The highest BCUT2D eigenvalue weighted by molar-refractivity contribution is 7.22. The Morgan fingerprint density at radius 2 is 1.86 bits per heavy atom. The lowest BCUT2D eigenvalue weighted by atomic mass is 9.90. The lowest BCUT2D eigenvalue weighted by Crippen LogP contribution is -2.12. The molecule has 0 saturated heterocycles. The maximum absolute atomic E-state index is 13.3. The summed E-state index contributed by atoms with van der Waals surface area (Å²) in [4.78, 5) is 20.3. The van der Waals surface area contributed by atoms with Gasteiger partial charge in [0.05, 0.1) is 16.9 Å². The Labute approximate surface area is 210 Å². The molecule has 3 heterocycles. The Balaban J connectivity index is 1.35. The number of aryl methyl sites for hydroxylation is 2. The smallest absolute Gasteiger partial charge is 0.268 e. The number of anilines is 2. The van der Waals surface area contributed by atoms with Gasteiger partial charge in [0.1, 0.15) is 20.8 Å². The van der Waals surface area contributed by atoms with Gasteiger partial charge in [-0.25, -0.2) is 4.98 Å². The molecule has 35 heavy (non-hydrogen) atoms. The van der Waals surface area contributed by atoms with E-state index in [1.165, 1.54) is 33.8 Å². The molecule has 0 spiro atoms. The predicted molar refractivity (Wildman–Crippen MR) is 144 cm³/mol. The van der Waals surface area contributed by atoms with E-state index in [4.69, 9.17) is 10.7 Å². The molecule has 1 aliphatic rings. The summed E-state index contributed by atoms with van der Waals surface area (Å²) in [6.07, 6.45) is 1.68. The number of amides is 1.